The van der Waals surface area contributed by atoms with Gasteiger partial charge in [-0.2, -0.15) is 0 Å². The van der Waals surface area contributed by atoms with Gasteiger partial charge in [0.2, 0.25) is 5.91 Å². The van der Waals surface area contributed by atoms with Crippen molar-refractivity contribution in [3.63, 3.8) is 0 Å². The Balaban J connectivity index is 1.85. The first kappa shape index (κ1) is 13.9. The van der Waals surface area contributed by atoms with E-state index in [0.717, 1.165) is 24.1 Å². The van der Waals surface area contributed by atoms with Crippen molar-refractivity contribution in [1.29, 1.82) is 0 Å². The number of fused-ring (bicyclic) bond motifs is 1. The van der Waals surface area contributed by atoms with Gasteiger partial charge in [0.05, 0.1) is 6.42 Å². The Morgan fingerprint density at radius 1 is 1.14 bits per heavy atom. The molecule has 0 aromatic heterocycles. The molecule has 1 amide bonds. The van der Waals surface area contributed by atoms with Crippen LogP contribution in [0.1, 0.15) is 30.0 Å². The highest BCUT2D eigenvalue weighted by Gasteiger charge is 2.27. The molecule has 3 rings (SSSR count). The summed E-state index contributed by atoms with van der Waals surface area (Å²) in [5.74, 6) is 0.193. The minimum Gasteiger partial charge on any atom is -0.309 e. The van der Waals surface area contributed by atoms with Gasteiger partial charge in [0, 0.05) is 11.7 Å². The van der Waals surface area contributed by atoms with Crippen LogP contribution in [-0.4, -0.2) is 11.9 Å². The Labute approximate surface area is 126 Å². The van der Waals surface area contributed by atoms with Crippen LogP contribution in [0.4, 0.5) is 5.69 Å². The average Bonchev–Trinajstić information content (AvgIpc) is 2.49. The molecule has 0 radical (unpaired) electrons. The number of benzene rings is 2. The zero-order chi connectivity index (χ0) is 14.8. The molecule has 0 fully saturated rings. The second-order valence-electron chi connectivity index (χ2n) is 5.94. The lowest BCUT2D eigenvalue weighted by atomic mass is 9.96. The number of carbonyl (C=O) groups is 1. The Bertz CT molecular complexity index is 645. The van der Waals surface area contributed by atoms with Gasteiger partial charge >= 0.3 is 0 Å². The lowest BCUT2D eigenvalue weighted by Gasteiger charge is -2.35. The quantitative estimate of drug-likeness (QED) is 0.816. The number of rotatable bonds is 2. The third-order valence-corrected chi connectivity index (χ3v) is 4.27. The second kappa shape index (κ2) is 5.72. The lowest BCUT2D eigenvalue weighted by molar-refractivity contribution is -0.118. The molecule has 2 heteroatoms. The predicted octanol–water partition coefficient (Wildman–Crippen LogP) is 3.91. The molecule has 1 aliphatic rings. The van der Waals surface area contributed by atoms with Gasteiger partial charge in [-0.05, 0) is 43.9 Å². The van der Waals surface area contributed by atoms with Crippen molar-refractivity contribution < 1.29 is 4.79 Å². The fourth-order valence-electron chi connectivity index (χ4n) is 3.03. The summed E-state index contributed by atoms with van der Waals surface area (Å²) in [6.45, 7) is 4.21. The summed E-state index contributed by atoms with van der Waals surface area (Å²) in [7, 11) is 0. The molecule has 1 atom stereocenters. The topological polar surface area (TPSA) is 20.3 Å². The Morgan fingerprint density at radius 2 is 1.86 bits per heavy atom. The van der Waals surface area contributed by atoms with Gasteiger partial charge in [0.25, 0.3) is 0 Å². The molecular formula is C19H21NO. The van der Waals surface area contributed by atoms with E-state index in [-0.39, 0.29) is 11.9 Å². The molecule has 0 N–H and O–H groups in total. The van der Waals surface area contributed by atoms with Crippen LogP contribution in [0, 0.1) is 6.92 Å². The van der Waals surface area contributed by atoms with Gasteiger partial charge in [-0.3, -0.25) is 4.79 Å². The molecule has 0 aliphatic carbocycles. The molecule has 0 saturated heterocycles. The number of amides is 1. The van der Waals surface area contributed by atoms with Crippen LogP contribution in [0.2, 0.25) is 0 Å². The monoisotopic (exact) mass is 279 g/mol. The van der Waals surface area contributed by atoms with Crippen LogP contribution in [0.3, 0.4) is 0 Å². The summed E-state index contributed by atoms with van der Waals surface area (Å²) in [6, 6.07) is 16.8. The van der Waals surface area contributed by atoms with Crippen molar-refractivity contribution in [3.8, 4) is 0 Å². The summed E-state index contributed by atoms with van der Waals surface area (Å²) < 4.78 is 0. The van der Waals surface area contributed by atoms with E-state index in [4.69, 9.17) is 0 Å². The second-order valence-corrected chi connectivity index (χ2v) is 5.94. The molecule has 2 nitrogen and oxygen atoms in total. The summed E-state index contributed by atoms with van der Waals surface area (Å²) >= 11 is 0. The molecule has 0 saturated carbocycles. The molecule has 108 valence electrons. The van der Waals surface area contributed by atoms with Crippen LogP contribution < -0.4 is 4.90 Å². The Morgan fingerprint density at radius 3 is 2.62 bits per heavy atom. The third-order valence-electron chi connectivity index (χ3n) is 4.27. The van der Waals surface area contributed by atoms with E-state index in [2.05, 4.69) is 44.2 Å². The lowest BCUT2D eigenvalue weighted by Crippen LogP contribution is -2.42. The van der Waals surface area contributed by atoms with Crippen molar-refractivity contribution in [1.82, 2.24) is 0 Å². The molecule has 1 unspecified atom stereocenters. The predicted molar refractivity (Wildman–Crippen MR) is 86.6 cm³/mol. The van der Waals surface area contributed by atoms with Crippen LogP contribution in [0.5, 0.6) is 0 Å². The normalized spacial score (nSPS) is 17.4. The highest BCUT2D eigenvalue weighted by Crippen LogP contribution is 2.30. The van der Waals surface area contributed by atoms with E-state index in [1.54, 1.807) is 0 Å². The highest BCUT2D eigenvalue weighted by atomic mass is 16.2. The summed E-state index contributed by atoms with van der Waals surface area (Å²) in [6.07, 6.45) is 2.57. The first-order chi connectivity index (χ1) is 10.1. The van der Waals surface area contributed by atoms with Gasteiger partial charge in [0.15, 0.2) is 0 Å². The number of nitrogens with zero attached hydrogens (tertiary/aromatic N) is 1. The van der Waals surface area contributed by atoms with E-state index < -0.39 is 0 Å². The standard InChI is InChI=1S/C19H21NO/c1-14-7-10-16(11-8-14)13-19(21)20-15(2)9-12-17-5-3-4-6-18(17)20/h3-8,10-11,15H,9,12-13H2,1-2H3. The van der Waals surface area contributed by atoms with Gasteiger partial charge < -0.3 is 4.90 Å². The Kier molecular flexibility index (Phi) is 3.78. The van der Waals surface area contributed by atoms with Crippen LogP contribution >= 0.6 is 0 Å². The maximum atomic E-state index is 12.8. The SMILES string of the molecule is Cc1ccc(CC(=O)N2c3ccccc3CCC2C)cc1. The van der Waals surface area contributed by atoms with E-state index >= 15 is 0 Å². The number of hydrogen-bond acceptors (Lipinski definition) is 1. The minimum atomic E-state index is 0.193. The minimum absolute atomic E-state index is 0.193. The third kappa shape index (κ3) is 2.85. The number of carbonyl (C=O) groups excluding carboxylic acids is 1. The maximum Gasteiger partial charge on any atom is 0.231 e. The number of hydrogen-bond donors (Lipinski definition) is 0. The van der Waals surface area contributed by atoms with Crippen molar-refractivity contribution in [3.05, 3.63) is 65.2 Å². The van der Waals surface area contributed by atoms with Crippen LogP contribution in [-0.2, 0) is 17.6 Å². The molecule has 21 heavy (non-hydrogen) atoms. The van der Waals surface area contributed by atoms with E-state index in [1.165, 1.54) is 11.1 Å². The van der Waals surface area contributed by atoms with Gasteiger partial charge in [-0.25, -0.2) is 0 Å². The fraction of sp³-hybridized carbons (Fsp3) is 0.316. The van der Waals surface area contributed by atoms with Gasteiger partial charge in [-0.15, -0.1) is 0 Å². The molecular weight excluding hydrogens is 258 g/mol. The number of anilines is 1. The van der Waals surface area contributed by atoms with Gasteiger partial charge in [-0.1, -0.05) is 48.0 Å². The first-order valence-electron chi connectivity index (χ1n) is 7.60. The number of aryl methyl sites for hydroxylation is 2. The molecule has 2 aromatic carbocycles. The van der Waals surface area contributed by atoms with E-state index in [1.807, 2.05) is 23.1 Å². The smallest absolute Gasteiger partial charge is 0.231 e. The summed E-state index contributed by atoms with van der Waals surface area (Å²) in [5, 5.41) is 0. The highest BCUT2D eigenvalue weighted by molar-refractivity contribution is 5.96. The van der Waals surface area contributed by atoms with E-state index in [0.29, 0.717) is 6.42 Å². The van der Waals surface area contributed by atoms with Crippen molar-refractivity contribution in [2.45, 2.75) is 39.2 Å². The average molecular weight is 279 g/mol. The molecule has 1 heterocycles. The molecule has 0 bridgehead atoms. The zero-order valence-electron chi connectivity index (χ0n) is 12.7. The Hall–Kier alpha value is -2.09. The zero-order valence-corrected chi connectivity index (χ0v) is 12.7. The summed E-state index contributed by atoms with van der Waals surface area (Å²) in [5.41, 5.74) is 4.69. The fourth-order valence-corrected chi connectivity index (χ4v) is 3.03. The van der Waals surface area contributed by atoms with E-state index in [9.17, 15) is 4.79 Å². The number of para-hydroxylation sites is 1. The van der Waals surface area contributed by atoms with Crippen LogP contribution in [0.25, 0.3) is 0 Å². The van der Waals surface area contributed by atoms with Crippen molar-refractivity contribution in [2.75, 3.05) is 4.90 Å². The summed E-state index contributed by atoms with van der Waals surface area (Å²) in [4.78, 5) is 14.7. The first-order valence-corrected chi connectivity index (χ1v) is 7.60. The maximum absolute atomic E-state index is 12.8. The molecule has 1 aliphatic heterocycles. The van der Waals surface area contributed by atoms with Gasteiger partial charge in [0.1, 0.15) is 0 Å². The van der Waals surface area contributed by atoms with Crippen LogP contribution in [0.15, 0.2) is 48.5 Å². The molecule has 2 aromatic rings. The van der Waals surface area contributed by atoms with Crippen molar-refractivity contribution >= 4 is 11.6 Å². The van der Waals surface area contributed by atoms with Crippen molar-refractivity contribution in [2.24, 2.45) is 0 Å². The molecule has 0 spiro atoms. The largest absolute Gasteiger partial charge is 0.309 e.